The maximum atomic E-state index is 13.1. The third kappa shape index (κ3) is 3.58. The molecule has 160 valence electrons. The largest absolute Gasteiger partial charge is 0.330 e. The zero-order chi connectivity index (χ0) is 21.5. The Balaban J connectivity index is 1.51. The fraction of sp³-hybridized carbons (Fsp3) is 0.455. The van der Waals surface area contributed by atoms with Crippen LogP contribution in [0.15, 0.2) is 46.2 Å². The number of fused-ring (bicyclic) bond motifs is 1. The normalized spacial score (nSPS) is 16.4. The first-order valence-electron chi connectivity index (χ1n) is 10.4. The number of hydrogen-bond donors (Lipinski definition) is 0. The van der Waals surface area contributed by atoms with Crippen molar-refractivity contribution in [2.24, 2.45) is 5.92 Å². The summed E-state index contributed by atoms with van der Waals surface area (Å²) in [7, 11) is -3.50. The molecule has 3 aromatic rings. The van der Waals surface area contributed by atoms with E-state index in [9.17, 15) is 13.2 Å². The van der Waals surface area contributed by atoms with Gasteiger partial charge in [0, 0.05) is 32.4 Å². The lowest BCUT2D eigenvalue weighted by molar-refractivity contribution is 0.252. The highest BCUT2D eigenvalue weighted by Crippen LogP contribution is 2.27. The fourth-order valence-corrected chi connectivity index (χ4v) is 6.11. The van der Waals surface area contributed by atoms with Gasteiger partial charge in [0.1, 0.15) is 0 Å². The van der Waals surface area contributed by atoms with E-state index in [-0.39, 0.29) is 11.6 Å². The third-order valence-corrected chi connectivity index (χ3v) is 8.11. The molecule has 0 bridgehead atoms. The number of rotatable bonds is 5. The van der Waals surface area contributed by atoms with E-state index >= 15 is 0 Å². The van der Waals surface area contributed by atoms with Gasteiger partial charge in [-0.15, -0.1) is 0 Å². The molecule has 0 atom stereocenters. The molecule has 0 aliphatic carbocycles. The summed E-state index contributed by atoms with van der Waals surface area (Å²) in [4.78, 5) is 17.7. The Bertz CT molecular complexity index is 1230. The average Bonchev–Trinajstić information content (AvgIpc) is 2.99. The number of aromatic nitrogens is 3. The number of piperidine rings is 1. The van der Waals surface area contributed by atoms with E-state index in [1.807, 2.05) is 45.0 Å². The number of pyridine rings is 1. The van der Waals surface area contributed by atoms with Gasteiger partial charge in [-0.2, -0.15) is 4.31 Å². The van der Waals surface area contributed by atoms with E-state index in [0.29, 0.717) is 36.7 Å². The average molecular weight is 429 g/mol. The van der Waals surface area contributed by atoms with Crippen LogP contribution in [0.5, 0.6) is 0 Å². The molecule has 7 nitrogen and oxygen atoms in total. The molecule has 3 heterocycles. The van der Waals surface area contributed by atoms with Crippen LogP contribution in [0.4, 0.5) is 0 Å². The van der Waals surface area contributed by atoms with Crippen LogP contribution in [0.1, 0.15) is 30.9 Å². The van der Waals surface area contributed by atoms with E-state index in [1.54, 1.807) is 25.7 Å². The molecule has 8 heteroatoms. The number of hydrogen-bond acceptors (Lipinski definition) is 4. The van der Waals surface area contributed by atoms with Crippen LogP contribution in [0.2, 0.25) is 0 Å². The van der Waals surface area contributed by atoms with Crippen LogP contribution in [0.25, 0.3) is 11.2 Å². The first-order valence-corrected chi connectivity index (χ1v) is 11.9. The minimum atomic E-state index is -3.50. The van der Waals surface area contributed by atoms with Gasteiger partial charge in [-0.1, -0.05) is 17.7 Å². The quantitative estimate of drug-likeness (QED) is 0.626. The second-order valence-corrected chi connectivity index (χ2v) is 10.0. The molecular weight excluding hydrogens is 400 g/mol. The van der Waals surface area contributed by atoms with Crippen molar-refractivity contribution in [3.05, 3.63) is 58.1 Å². The Kier molecular flexibility index (Phi) is 5.55. The lowest BCUT2D eigenvalue weighted by atomic mass is 9.98. The fourth-order valence-electron chi connectivity index (χ4n) is 4.43. The SMILES string of the molecule is CCn1c(=O)n(CC2CCN(S(=O)(=O)c3ccc(C)cc3C)CC2)c2ncccc21. The van der Waals surface area contributed by atoms with Crippen molar-refractivity contribution >= 4 is 21.2 Å². The summed E-state index contributed by atoms with van der Waals surface area (Å²) in [6.07, 6.45) is 3.15. The number of benzene rings is 1. The molecule has 0 N–H and O–H groups in total. The van der Waals surface area contributed by atoms with Crippen molar-refractivity contribution in [2.45, 2.75) is 51.6 Å². The molecule has 0 saturated carbocycles. The number of imidazole rings is 1. The van der Waals surface area contributed by atoms with Crippen molar-refractivity contribution < 1.29 is 8.42 Å². The maximum Gasteiger partial charge on any atom is 0.330 e. The predicted molar refractivity (Wildman–Crippen MR) is 117 cm³/mol. The van der Waals surface area contributed by atoms with E-state index in [4.69, 9.17) is 0 Å². The first-order chi connectivity index (χ1) is 14.3. The summed E-state index contributed by atoms with van der Waals surface area (Å²) in [5, 5.41) is 0. The smallest absolute Gasteiger partial charge is 0.291 e. The van der Waals surface area contributed by atoms with Gasteiger partial charge >= 0.3 is 5.69 Å². The van der Waals surface area contributed by atoms with Gasteiger partial charge in [-0.3, -0.25) is 9.13 Å². The summed E-state index contributed by atoms with van der Waals surface area (Å²) in [5.74, 6) is 0.242. The number of aryl methyl sites for hydroxylation is 3. The predicted octanol–water partition coefficient (Wildman–Crippen LogP) is 2.94. The van der Waals surface area contributed by atoms with Gasteiger partial charge < -0.3 is 0 Å². The summed E-state index contributed by atoms with van der Waals surface area (Å²) in [6, 6.07) is 9.21. The molecule has 0 spiro atoms. The zero-order valence-corrected chi connectivity index (χ0v) is 18.5. The van der Waals surface area contributed by atoms with Gasteiger partial charge in [0.25, 0.3) is 0 Å². The third-order valence-electron chi connectivity index (χ3n) is 6.05. The van der Waals surface area contributed by atoms with Crippen molar-refractivity contribution in [3.8, 4) is 0 Å². The minimum absolute atomic E-state index is 0.0449. The Morgan fingerprint density at radius 1 is 1.10 bits per heavy atom. The Morgan fingerprint density at radius 2 is 1.83 bits per heavy atom. The standard InChI is InChI=1S/C22H28N4O3S/c1-4-25-19-6-5-11-23-21(19)26(22(25)27)15-18-9-12-24(13-10-18)30(28,29)20-8-7-16(2)14-17(20)3/h5-8,11,14,18H,4,9-10,12-13,15H2,1-3H3. The van der Waals surface area contributed by atoms with Gasteiger partial charge in [0.15, 0.2) is 5.65 Å². The number of nitrogens with zero attached hydrogens (tertiary/aromatic N) is 4. The monoisotopic (exact) mass is 428 g/mol. The lowest BCUT2D eigenvalue weighted by Crippen LogP contribution is -2.40. The molecule has 1 saturated heterocycles. The highest BCUT2D eigenvalue weighted by atomic mass is 32.2. The molecular formula is C22H28N4O3S. The van der Waals surface area contributed by atoms with Crippen LogP contribution in [-0.4, -0.2) is 39.9 Å². The second-order valence-electron chi connectivity index (χ2n) is 8.10. The van der Waals surface area contributed by atoms with Gasteiger partial charge in [0.05, 0.1) is 10.4 Å². The highest BCUT2D eigenvalue weighted by molar-refractivity contribution is 7.89. The highest BCUT2D eigenvalue weighted by Gasteiger charge is 2.31. The Labute approximate surface area is 177 Å². The second kappa shape index (κ2) is 8.00. The maximum absolute atomic E-state index is 13.1. The molecule has 0 amide bonds. The molecule has 4 rings (SSSR count). The molecule has 30 heavy (non-hydrogen) atoms. The Hall–Kier alpha value is -2.45. The van der Waals surface area contributed by atoms with E-state index in [1.165, 1.54) is 0 Å². The summed E-state index contributed by atoms with van der Waals surface area (Å²) in [5.41, 5.74) is 3.34. The van der Waals surface area contributed by atoms with Crippen LogP contribution in [0, 0.1) is 19.8 Å². The van der Waals surface area contributed by atoms with Crippen LogP contribution >= 0.6 is 0 Å². The zero-order valence-electron chi connectivity index (χ0n) is 17.7. The Morgan fingerprint density at radius 3 is 2.50 bits per heavy atom. The van der Waals surface area contributed by atoms with Gasteiger partial charge in [-0.25, -0.2) is 18.2 Å². The number of sulfonamides is 1. The lowest BCUT2D eigenvalue weighted by Gasteiger charge is -2.31. The molecule has 0 radical (unpaired) electrons. The van der Waals surface area contributed by atoms with Crippen molar-refractivity contribution in [2.75, 3.05) is 13.1 Å². The van der Waals surface area contributed by atoms with Crippen molar-refractivity contribution in [1.82, 2.24) is 18.4 Å². The van der Waals surface area contributed by atoms with E-state index < -0.39 is 10.0 Å². The van der Waals surface area contributed by atoms with E-state index in [2.05, 4.69) is 4.98 Å². The van der Waals surface area contributed by atoms with Gasteiger partial charge in [0.2, 0.25) is 10.0 Å². The van der Waals surface area contributed by atoms with Crippen LogP contribution < -0.4 is 5.69 Å². The summed E-state index contributed by atoms with van der Waals surface area (Å²) >= 11 is 0. The first kappa shape index (κ1) is 20.8. The minimum Gasteiger partial charge on any atom is -0.291 e. The van der Waals surface area contributed by atoms with Crippen molar-refractivity contribution in [1.29, 1.82) is 0 Å². The molecule has 1 aromatic carbocycles. The van der Waals surface area contributed by atoms with Gasteiger partial charge in [-0.05, 0) is 63.3 Å². The van der Waals surface area contributed by atoms with Crippen LogP contribution in [-0.2, 0) is 23.1 Å². The molecule has 1 aliphatic heterocycles. The van der Waals surface area contributed by atoms with Crippen LogP contribution in [0.3, 0.4) is 0 Å². The summed E-state index contributed by atoms with van der Waals surface area (Å²) < 4.78 is 31.3. The van der Waals surface area contributed by atoms with Crippen molar-refractivity contribution in [3.63, 3.8) is 0 Å². The summed E-state index contributed by atoms with van der Waals surface area (Å²) in [6.45, 7) is 7.85. The molecule has 1 aliphatic rings. The van der Waals surface area contributed by atoms with E-state index in [0.717, 1.165) is 29.5 Å². The molecule has 1 fully saturated rings. The molecule has 0 unspecified atom stereocenters. The molecule has 2 aromatic heterocycles. The topological polar surface area (TPSA) is 77.2 Å².